The number of rotatable bonds is 6. The van der Waals surface area contributed by atoms with Crippen LogP contribution in [0.3, 0.4) is 0 Å². The lowest BCUT2D eigenvalue weighted by Gasteiger charge is -2.32. The van der Waals surface area contributed by atoms with Gasteiger partial charge in [0.2, 0.25) is 5.89 Å². The van der Waals surface area contributed by atoms with Crippen molar-refractivity contribution in [1.29, 1.82) is 0 Å². The van der Waals surface area contributed by atoms with Crippen molar-refractivity contribution in [3.63, 3.8) is 0 Å². The maximum atomic E-state index is 13.2. The molecule has 1 aliphatic rings. The fourth-order valence-electron chi connectivity index (χ4n) is 4.35. The largest absolute Gasteiger partial charge is 0.436 e. The van der Waals surface area contributed by atoms with Crippen molar-refractivity contribution in [1.82, 2.24) is 15.2 Å². The van der Waals surface area contributed by atoms with E-state index in [1.54, 1.807) is 6.20 Å². The van der Waals surface area contributed by atoms with Crippen molar-refractivity contribution in [2.45, 2.75) is 25.4 Å². The van der Waals surface area contributed by atoms with Crippen LogP contribution in [-0.2, 0) is 6.54 Å². The minimum absolute atomic E-state index is 0.0915. The first kappa shape index (κ1) is 22.4. The summed E-state index contributed by atoms with van der Waals surface area (Å²) in [6.07, 6.45) is 3.53. The van der Waals surface area contributed by atoms with Gasteiger partial charge in [0.15, 0.2) is 5.76 Å². The first-order valence-electron chi connectivity index (χ1n) is 11.5. The Bertz CT molecular complexity index is 1250. The summed E-state index contributed by atoms with van der Waals surface area (Å²) < 4.78 is 6.01. The van der Waals surface area contributed by atoms with Gasteiger partial charge in [0, 0.05) is 41.8 Å². The number of piperidine rings is 1. The quantitative estimate of drug-likeness (QED) is 0.371. The van der Waals surface area contributed by atoms with Crippen LogP contribution in [-0.4, -0.2) is 34.9 Å². The number of carbonyl (C=O) groups is 1. The van der Waals surface area contributed by atoms with E-state index in [9.17, 15) is 4.79 Å². The van der Waals surface area contributed by atoms with Crippen LogP contribution in [0.1, 0.15) is 28.8 Å². The van der Waals surface area contributed by atoms with E-state index < -0.39 is 0 Å². The molecular weight excluding hydrogens is 446 g/mol. The lowest BCUT2D eigenvalue weighted by molar-refractivity contribution is 0.0909. The second-order valence-corrected chi connectivity index (χ2v) is 9.03. The van der Waals surface area contributed by atoms with Gasteiger partial charge < -0.3 is 9.73 Å². The molecule has 0 spiro atoms. The van der Waals surface area contributed by atoms with Crippen LogP contribution < -0.4 is 5.32 Å². The Morgan fingerprint density at radius 1 is 0.971 bits per heavy atom. The van der Waals surface area contributed by atoms with E-state index in [2.05, 4.69) is 27.3 Å². The number of hydrogen-bond donors (Lipinski definition) is 1. The molecule has 1 aliphatic heterocycles. The number of likely N-dealkylation sites (tertiary alicyclic amines) is 1. The van der Waals surface area contributed by atoms with Crippen molar-refractivity contribution in [3.05, 3.63) is 101 Å². The molecule has 1 N–H and O–H groups in total. The van der Waals surface area contributed by atoms with Crippen LogP contribution in [0.15, 0.2) is 89.5 Å². The first-order chi connectivity index (χ1) is 16.7. The summed E-state index contributed by atoms with van der Waals surface area (Å²) in [6.45, 7) is 2.78. The molecule has 0 unspecified atom stereocenters. The monoisotopic (exact) mass is 471 g/mol. The number of amides is 1. The van der Waals surface area contributed by atoms with E-state index in [-0.39, 0.29) is 11.9 Å². The highest BCUT2D eigenvalue weighted by Crippen LogP contribution is 2.28. The predicted octanol–water partition coefficient (Wildman–Crippen LogP) is 6.06. The maximum Gasteiger partial charge on any atom is 0.252 e. The fourth-order valence-corrected chi connectivity index (χ4v) is 4.47. The average Bonchev–Trinajstić information content (AvgIpc) is 3.37. The maximum absolute atomic E-state index is 13.2. The summed E-state index contributed by atoms with van der Waals surface area (Å²) in [6, 6.07) is 25.4. The molecular formula is C28H26ClN3O2. The number of oxazole rings is 1. The van der Waals surface area contributed by atoms with Gasteiger partial charge in [0.25, 0.3) is 5.91 Å². The molecule has 5 nitrogen and oxygen atoms in total. The SMILES string of the molecule is O=C(NC1CCN(Cc2ccc(Cl)cc2)CC1)c1ccccc1-c1ncc(-c2ccccc2)o1. The van der Waals surface area contributed by atoms with Crippen LogP contribution >= 0.6 is 11.6 Å². The lowest BCUT2D eigenvalue weighted by Crippen LogP contribution is -2.44. The number of carbonyl (C=O) groups excluding carboxylic acids is 1. The number of aromatic nitrogens is 1. The average molecular weight is 472 g/mol. The van der Waals surface area contributed by atoms with Gasteiger partial charge in [-0.15, -0.1) is 0 Å². The van der Waals surface area contributed by atoms with E-state index in [1.807, 2.05) is 66.7 Å². The standard InChI is InChI=1S/C28H26ClN3O2/c29-22-12-10-20(11-13-22)19-32-16-14-23(15-17-32)31-27(33)24-8-4-5-9-25(24)28-30-18-26(34-28)21-6-2-1-3-7-21/h1-13,18,23H,14-17,19H2,(H,31,33). The molecule has 1 fully saturated rings. The molecule has 6 heteroatoms. The molecule has 1 saturated heterocycles. The Labute approximate surface area is 204 Å². The zero-order valence-electron chi connectivity index (χ0n) is 18.8. The van der Waals surface area contributed by atoms with Gasteiger partial charge in [-0.25, -0.2) is 4.98 Å². The smallest absolute Gasteiger partial charge is 0.252 e. The van der Waals surface area contributed by atoms with Gasteiger partial charge >= 0.3 is 0 Å². The van der Waals surface area contributed by atoms with Crippen LogP contribution in [0, 0.1) is 0 Å². The van der Waals surface area contributed by atoms with Gasteiger partial charge in [0.05, 0.1) is 11.8 Å². The molecule has 4 aromatic rings. The Hall–Kier alpha value is -3.41. The molecule has 172 valence electrons. The molecule has 1 amide bonds. The summed E-state index contributed by atoms with van der Waals surface area (Å²) in [7, 11) is 0. The van der Waals surface area contributed by atoms with Gasteiger partial charge in [-0.1, -0.05) is 66.2 Å². The van der Waals surface area contributed by atoms with Crippen LogP contribution in [0.5, 0.6) is 0 Å². The molecule has 0 radical (unpaired) electrons. The summed E-state index contributed by atoms with van der Waals surface area (Å²) in [5.41, 5.74) is 3.48. The topological polar surface area (TPSA) is 58.4 Å². The van der Waals surface area contributed by atoms with E-state index in [1.165, 1.54) is 5.56 Å². The summed E-state index contributed by atoms with van der Waals surface area (Å²) in [5.74, 6) is 1.03. The second kappa shape index (κ2) is 10.2. The van der Waals surface area contributed by atoms with Crippen molar-refractivity contribution in [3.8, 4) is 22.8 Å². The third-order valence-electron chi connectivity index (χ3n) is 6.21. The van der Waals surface area contributed by atoms with Crippen molar-refractivity contribution in [2.24, 2.45) is 0 Å². The van der Waals surface area contributed by atoms with Crippen molar-refractivity contribution in [2.75, 3.05) is 13.1 Å². The molecule has 0 bridgehead atoms. The van der Waals surface area contributed by atoms with E-state index in [0.717, 1.165) is 43.1 Å². The van der Waals surface area contributed by atoms with Crippen molar-refractivity contribution >= 4 is 17.5 Å². The summed E-state index contributed by atoms with van der Waals surface area (Å²) in [4.78, 5) is 20.0. The predicted molar refractivity (Wildman–Crippen MR) is 135 cm³/mol. The summed E-state index contributed by atoms with van der Waals surface area (Å²) >= 11 is 5.99. The molecule has 5 rings (SSSR count). The van der Waals surface area contributed by atoms with Gasteiger partial charge in [-0.3, -0.25) is 9.69 Å². The molecule has 0 aliphatic carbocycles. The minimum Gasteiger partial charge on any atom is -0.436 e. The summed E-state index contributed by atoms with van der Waals surface area (Å²) in [5, 5.41) is 3.98. The van der Waals surface area contributed by atoms with Gasteiger partial charge in [-0.2, -0.15) is 0 Å². The number of nitrogens with zero attached hydrogens (tertiary/aromatic N) is 2. The third-order valence-corrected chi connectivity index (χ3v) is 6.46. The highest BCUT2D eigenvalue weighted by molar-refractivity contribution is 6.30. The zero-order chi connectivity index (χ0) is 23.3. The van der Waals surface area contributed by atoms with E-state index in [4.69, 9.17) is 16.0 Å². The second-order valence-electron chi connectivity index (χ2n) is 8.59. The normalized spacial score (nSPS) is 14.7. The molecule has 34 heavy (non-hydrogen) atoms. The fraction of sp³-hybridized carbons (Fsp3) is 0.214. The zero-order valence-corrected chi connectivity index (χ0v) is 19.5. The third kappa shape index (κ3) is 5.22. The van der Waals surface area contributed by atoms with Crippen LogP contribution in [0.2, 0.25) is 5.02 Å². The van der Waals surface area contributed by atoms with Gasteiger partial charge in [0.1, 0.15) is 0 Å². The number of hydrogen-bond acceptors (Lipinski definition) is 4. The minimum atomic E-state index is -0.0915. The Morgan fingerprint density at radius 3 is 2.44 bits per heavy atom. The Balaban J connectivity index is 1.22. The molecule has 3 aromatic carbocycles. The Kier molecular flexibility index (Phi) is 6.74. The lowest BCUT2D eigenvalue weighted by atomic mass is 10.0. The van der Waals surface area contributed by atoms with Crippen molar-refractivity contribution < 1.29 is 9.21 Å². The Morgan fingerprint density at radius 2 is 1.68 bits per heavy atom. The first-order valence-corrected chi connectivity index (χ1v) is 11.9. The highest BCUT2D eigenvalue weighted by Gasteiger charge is 2.23. The van der Waals surface area contributed by atoms with E-state index >= 15 is 0 Å². The molecule has 2 heterocycles. The van der Waals surface area contributed by atoms with Crippen LogP contribution in [0.4, 0.5) is 0 Å². The number of halogens is 1. The number of nitrogens with one attached hydrogen (secondary N) is 1. The molecule has 0 saturated carbocycles. The van der Waals surface area contributed by atoms with Gasteiger partial charge in [-0.05, 0) is 42.7 Å². The molecule has 1 aromatic heterocycles. The number of benzene rings is 3. The van der Waals surface area contributed by atoms with E-state index in [0.29, 0.717) is 22.8 Å². The highest BCUT2D eigenvalue weighted by atomic mass is 35.5. The van der Waals surface area contributed by atoms with Crippen LogP contribution in [0.25, 0.3) is 22.8 Å². The molecule has 0 atom stereocenters.